The number of nitrogens with zero attached hydrogens (tertiary/aromatic N) is 1. The molecule has 0 bridgehead atoms. The largest absolute Gasteiger partial charge is 0.465 e. The number of esters is 1. The number of nitrogen functional groups attached to an aromatic ring is 1. The number of benzene rings is 1. The number of aromatic nitrogens is 1. The summed E-state index contributed by atoms with van der Waals surface area (Å²) in [7, 11) is 1.33. The Morgan fingerprint density at radius 2 is 2.25 bits per heavy atom. The van der Waals surface area contributed by atoms with E-state index in [0.717, 1.165) is 17.2 Å². The molecule has 0 fully saturated rings. The van der Waals surface area contributed by atoms with E-state index in [1.165, 1.54) is 12.0 Å². The molecular weight excluding hydrogens is 274 g/mol. The maximum atomic E-state index is 11.6. The van der Waals surface area contributed by atoms with Gasteiger partial charge in [0.25, 0.3) is 0 Å². The number of methoxy groups -OCH3 is 1. The van der Waals surface area contributed by atoms with Crippen molar-refractivity contribution in [2.45, 2.75) is 20.3 Å². The highest BCUT2D eigenvalue weighted by atomic mass is 32.1. The highest BCUT2D eigenvalue weighted by Gasteiger charge is 2.14. The third kappa shape index (κ3) is 2.75. The zero-order valence-corrected chi connectivity index (χ0v) is 12.5. The lowest BCUT2D eigenvalue weighted by Crippen LogP contribution is -2.07. The maximum Gasteiger partial charge on any atom is 0.340 e. The van der Waals surface area contributed by atoms with Gasteiger partial charge in [0, 0.05) is 4.88 Å². The molecule has 106 valence electrons. The van der Waals surface area contributed by atoms with Crippen LogP contribution in [-0.2, 0) is 11.2 Å². The van der Waals surface area contributed by atoms with E-state index in [1.807, 2.05) is 13.0 Å². The van der Waals surface area contributed by atoms with Gasteiger partial charge in [0.05, 0.1) is 29.7 Å². The van der Waals surface area contributed by atoms with Crippen LogP contribution in [0.25, 0.3) is 0 Å². The van der Waals surface area contributed by atoms with Crippen LogP contribution in [0.5, 0.6) is 0 Å². The van der Waals surface area contributed by atoms with Crippen LogP contribution in [0.1, 0.15) is 27.9 Å². The number of rotatable bonds is 4. The third-order valence-electron chi connectivity index (χ3n) is 2.98. The number of hydrogen-bond donors (Lipinski definition) is 2. The number of nitrogens with two attached hydrogens (primary N) is 1. The molecule has 0 saturated heterocycles. The van der Waals surface area contributed by atoms with Gasteiger partial charge in [0.15, 0.2) is 5.13 Å². The molecule has 0 amide bonds. The first-order valence-electron chi connectivity index (χ1n) is 6.27. The molecular formula is C14H17N3O2S. The Bertz CT molecular complexity index is 637. The van der Waals surface area contributed by atoms with Crippen molar-refractivity contribution in [3.63, 3.8) is 0 Å². The molecule has 20 heavy (non-hydrogen) atoms. The van der Waals surface area contributed by atoms with Crippen molar-refractivity contribution in [3.8, 4) is 0 Å². The highest BCUT2D eigenvalue weighted by molar-refractivity contribution is 7.15. The Morgan fingerprint density at radius 1 is 1.50 bits per heavy atom. The van der Waals surface area contributed by atoms with Crippen LogP contribution in [-0.4, -0.2) is 18.1 Å². The molecule has 1 aromatic heterocycles. The van der Waals surface area contributed by atoms with Crippen LogP contribution >= 0.6 is 11.3 Å². The molecule has 0 saturated carbocycles. The zero-order chi connectivity index (χ0) is 14.7. The molecule has 1 aromatic carbocycles. The average Bonchev–Trinajstić information content (AvgIpc) is 2.80. The SMILES string of the molecule is CCc1nc(Nc2cccc(C(=O)OC)c2N)sc1C. The summed E-state index contributed by atoms with van der Waals surface area (Å²) in [4.78, 5) is 17.3. The van der Waals surface area contributed by atoms with E-state index in [9.17, 15) is 4.79 Å². The quantitative estimate of drug-likeness (QED) is 0.668. The van der Waals surface area contributed by atoms with Gasteiger partial charge in [-0.05, 0) is 25.5 Å². The monoisotopic (exact) mass is 291 g/mol. The summed E-state index contributed by atoms with van der Waals surface area (Å²) in [5.74, 6) is -0.448. The maximum absolute atomic E-state index is 11.6. The van der Waals surface area contributed by atoms with Gasteiger partial charge >= 0.3 is 5.97 Å². The second-order valence-corrected chi connectivity index (χ2v) is 5.46. The normalized spacial score (nSPS) is 10.3. The molecule has 0 radical (unpaired) electrons. The van der Waals surface area contributed by atoms with E-state index in [0.29, 0.717) is 16.9 Å². The minimum atomic E-state index is -0.448. The molecule has 0 aliphatic rings. The summed E-state index contributed by atoms with van der Waals surface area (Å²) < 4.78 is 4.70. The molecule has 1 heterocycles. The van der Waals surface area contributed by atoms with Gasteiger partial charge in [0.2, 0.25) is 0 Å². The van der Waals surface area contributed by atoms with E-state index < -0.39 is 5.97 Å². The van der Waals surface area contributed by atoms with E-state index in [1.54, 1.807) is 23.5 Å². The smallest absolute Gasteiger partial charge is 0.340 e. The summed E-state index contributed by atoms with van der Waals surface area (Å²) in [6.07, 6.45) is 0.891. The van der Waals surface area contributed by atoms with Gasteiger partial charge in [-0.3, -0.25) is 0 Å². The van der Waals surface area contributed by atoms with Crippen molar-refractivity contribution in [1.82, 2.24) is 4.98 Å². The molecule has 0 aliphatic heterocycles. The molecule has 5 nitrogen and oxygen atoms in total. The first-order valence-corrected chi connectivity index (χ1v) is 7.08. The lowest BCUT2D eigenvalue weighted by molar-refractivity contribution is 0.0602. The van der Waals surface area contributed by atoms with Crippen molar-refractivity contribution < 1.29 is 9.53 Å². The van der Waals surface area contributed by atoms with E-state index in [2.05, 4.69) is 17.2 Å². The number of para-hydroxylation sites is 1. The minimum Gasteiger partial charge on any atom is -0.465 e. The lowest BCUT2D eigenvalue weighted by atomic mass is 10.1. The van der Waals surface area contributed by atoms with Crippen LogP contribution in [0, 0.1) is 6.92 Å². The highest BCUT2D eigenvalue weighted by Crippen LogP contribution is 2.30. The van der Waals surface area contributed by atoms with E-state index >= 15 is 0 Å². The van der Waals surface area contributed by atoms with Crippen molar-refractivity contribution in [3.05, 3.63) is 34.3 Å². The topological polar surface area (TPSA) is 77.2 Å². The van der Waals surface area contributed by atoms with Crippen LogP contribution in [0.2, 0.25) is 0 Å². The summed E-state index contributed by atoms with van der Waals surface area (Å²) in [5.41, 5.74) is 8.44. The number of hydrogen-bond acceptors (Lipinski definition) is 6. The van der Waals surface area contributed by atoms with Crippen LogP contribution in [0.3, 0.4) is 0 Å². The van der Waals surface area contributed by atoms with E-state index in [-0.39, 0.29) is 0 Å². The number of carbonyl (C=O) groups is 1. The number of ether oxygens (including phenoxy) is 1. The third-order valence-corrected chi connectivity index (χ3v) is 3.91. The molecule has 2 aromatic rings. The van der Waals surface area contributed by atoms with Gasteiger partial charge < -0.3 is 15.8 Å². The number of aryl methyl sites for hydroxylation is 2. The Labute approximate surface area is 121 Å². The molecule has 0 atom stereocenters. The van der Waals surface area contributed by atoms with Crippen LogP contribution < -0.4 is 11.1 Å². The Morgan fingerprint density at radius 3 is 2.85 bits per heavy atom. The Kier molecular flexibility index (Phi) is 4.24. The van der Waals surface area contributed by atoms with Crippen molar-refractivity contribution >= 4 is 33.8 Å². The van der Waals surface area contributed by atoms with Crippen molar-refractivity contribution in [2.24, 2.45) is 0 Å². The number of thiazole rings is 1. The second-order valence-electron chi connectivity index (χ2n) is 4.26. The van der Waals surface area contributed by atoms with Gasteiger partial charge in [0.1, 0.15) is 0 Å². The van der Waals surface area contributed by atoms with Crippen molar-refractivity contribution in [1.29, 1.82) is 0 Å². The first-order chi connectivity index (χ1) is 9.56. The molecule has 3 N–H and O–H groups in total. The Balaban J connectivity index is 2.31. The fourth-order valence-electron chi connectivity index (χ4n) is 1.89. The zero-order valence-electron chi connectivity index (χ0n) is 11.7. The predicted molar refractivity (Wildman–Crippen MR) is 81.7 cm³/mol. The van der Waals surface area contributed by atoms with E-state index in [4.69, 9.17) is 10.5 Å². The molecule has 0 spiro atoms. The lowest BCUT2D eigenvalue weighted by Gasteiger charge is -2.09. The molecule has 0 aliphatic carbocycles. The van der Waals surface area contributed by atoms with Crippen LogP contribution in [0.15, 0.2) is 18.2 Å². The number of anilines is 3. The molecule has 6 heteroatoms. The average molecular weight is 291 g/mol. The first kappa shape index (κ1) is 14.3. The fraction of sp³-hybridized carbons (Fsp3) is 0.286. The summed E-state index contributed by atoms with van der Waals surface area (Å²) >= 11 is 1.57. The number of carbonyl (C=O) groups excluding carboxylic acids is 1. The summed E-state index contributed by atoms with van der Waals surface area (Å²) in [6.45, 7) is 4.11. The molecule has 0 unspecified atom stereocenters. The minimum absolute atomic E-state index is 0.349. The van der Waals surface area contributed by atoms with Crippen molar-refractivity contribution in [2.75, 3.05) is 18.2 Å². The second kappa shape index (κ2) is 5.92. The standard InChI is InChI=1S/C14H17N3O2S/c1-4-10-8(2)20-14(16-10)17-11-7-5-6-9(12(11)15)13(18)19-3/h5-7H,4,15H2,1-3H3,(H,16,17). The molecule has 2 rings (SSSR count). The summed E-state index contributed by atoms with van der Waals surface area (Å²) in [5, 5.41) is 3.93. The number of nitrogens with one attached hydrogen (secondary N) is 1. The van der Waals surface area contributed by atoms with Crippen LogP contribution in [0.4, 0.5) is 16.5 Å². The van der Waals surface area contributed by atoms with Gasteiger partial charge in [-0.15, -0.1) is 11.3 Å². The van der Waals surface area contributed by atoms with Gasteiger partial charge in [-0.2, -0.15) is 0 Å². The predicted octanol–water partition coefficient (Wildman–Crippen LogP) is 3.13. The van der Waals surface area contributed by atoms with Gasteiger partial charge in [-0.25, -0.2) is 9.78 Å². The summed E-state index contributed by atoms with van der Waals surface area (Å²) in [6, 6.07) is 5.20. The fourth-order valence-corrected chi connectivity index (χ4v) is 2.80. The van der Waals surface area contributed by atoms with Gasteiger partial charge in [-0.1, -0.05) is 13.0 Å². The Hall–Kier alpha value is -2.08.